The number of nitrogens with one attached hydrogen (secondary N) is 2. The lowest BCUT2D eigenvalue weighted by molar-refractivity contribution is 0.0343. The number of nitrogens with zero attached hydrogens (tertiary/aromatic N) is 3. The van der Waals surface area contributed by atoms with Crippen LogP contribution in [0.4, 0.5) is 5.82 Å². The van der Waals surface area contributed by atoms with Gasteiger partial charge in [0.05, 0.1) is 5.60 Å². The summed E-state index contributed by atoms with van der Waals surface area (Å²) in [5.41, 5.74) is -0.0435. The smallest absolute Gasteiger partial charge is 0.348 e. The van der Waals surface area contributed by atoms with Gasteiger partial charge in [-0.15, -0.1) is 0 Å². The highest BCUT2D eigenvalue weighted by atomic mass is 16.5. The number of hydrogen-bond acceptors (Lipinski definition) is 5. The minimum atomic E-state index is -0.295. The fourth-order valence-corrected chi connectivity index (χ4v) is 1.28. The molecule has 0 bridgehead atoms. The molecule has 0 fully saturated rings. The zero-order chi connectivity index (χ0) is 12.5. The van der Waals surface area contributed by atoms with Gasteiger partial charge in [-0.2, -0.15) is 5.10 Å². The van der Waals surface area contributed by atoms with E-state index in [1.54, 1.807) is 13.2 Å². The monoisotopic (exact) mass is 237 g/mol. The molecule has 7 nitrogen and oxygen atoms in total. The summed E-state index contributed by atoms with van der Waals surface area (Å²) in [5.74, 6) is 0.654. The van der Waals surface area contributed by atoms with Gasteiger partial charge in [-0.3, -0.25) is 0 Å². The molecule has 0 aliphatic carbocycles. The van der Waals surface area contributed by atoms with Crippen LogP contribution >= 0.6 is 0 Å². The Morgan fingerprint density at radius 3 is 3.06 bits per heavy atom. The van der Waals surface area contributed by atoms with Crippen molar-refractivity contribution in [3.8, 4) is 0 Å². The highest BCUT2D eigenvalue weighted by molar-refractivity contribution is 5.48. The first-order valence-electron chi connectivity index (χ1n) is 5.24. The largest absolute Gasteiger partial charge is 0.377 e. The van der Waals surface area contributed by atoms with Crippen LogP contribution in [-0.4, -0.2) is 38.8 Å². The molecule has 0 spiro atoms. The lowest BCUT2D eigenvalue weighted by Gasteiger charge is -2.23. The van der Waals surface area contributed by atoms with E-state index in [0.717, 1.165) is 0 Å². The molecule has 2 rings (SSSR count). The van der Waals surface area contributed by atoms with E-state index in [9.17, 15) is 4.79 Å². The van der Waals surface area contributed by atoms with Gasteiger partial charge in [0.15, 0.2) is 5.65 Å². The zero-order valence-corrected chi connectivity index (χ0v) is 10.0. The van der Waals surface area contributed by atoms with E-state index in [1.807, 2.05) is 13.8 Å². The summed E-state index contributed by atoms with van der Waals surface area (Å²) in [5, 5.41) is 9.34. The van der Waals surface area contributed by atoms with E-state index < -0.39 is 0 Å². The molecule has 17 heavy (non-hydrogen) atoms. The van der Waals surface area contributed by atoms with Crippen molar-refractivity contribution in [1.29, 1.82) is 0 Å². The van der Waals surface area contributed by atoms with Crippen molar-refractivity contribution in [3.05, 3.63) is 22.9 Å². The molecule has 2 aromatic heterocycles. The second-order valence-corrected chi connectivity index (χ2v) is 4.35. The van der Waals surface area contributed by atoms with Crippen LogP contribution in [0.2, 0.25) is 0 Å². The fraction of sp³-hybridized carbons (Fsp3) is 0.500. The third kappa shape index (κ3) is 2.44. The number of methoxy groups -OCH3 is 1. The summed E-state index contributed by atoms with van der Waals surface area (Å²) in [6, 6.07) is 1.70. The van der Waals surface area contributed by atoms with Crippen LogP contribution in [0.25, 0.3) is 5.65 Å². The van der Waals surface area contributed by atoms with E-state index in [-0.39, 0.29) is 11.3 Å². The zero-order valence-electron chi connectivity index (χ0n) is 10.0. The first kappa shape index (κ1) is 11.6. The summed E-state index contributed by atoms with van der Waals surface area (Å²) in [6.45, 7) is 4.55. The van der Waals surface area contributed by atoms with Crippen LogP contribution < -0.4 is 11.0 Å². The number of aromatic amines is 1. The molecule has 0 saturated carbocycles. The summed E-state index contributed by atoms with van der Waals surface area (Å²) in [6.07, 6.45) is 1.43. The predicted molar refractivity (Wildman–Crippen MR) is 63.2 cm³/mol. The number of hydrogen-bond donors (Lipinski definition) is 2. The van der Waals surface area contributed by atoms with Crippen LogP contribution in [0.1, 0.15) is 13.8 Å². The van der Waals surface area contributed by atoms with Crippen LogP contribution in [0.5, 0.6) is 0 Å². The van der Waals surface area contributed by atoms with Crippen LogP contribution in [0.3, 0.4) is 0 Å². The maximum absolute atomic E-state index is 11.2. The van der Waals surface area contributed by atoms with Crippen LogP contribution in [0, 0.1) is 0 Å². The van der Waals surface area contributed by atoms with E-state index in [0.29, 0.717) is 18.0 Å². The van der Waals surface area contributed by atoms with Crippen molar-refractivity contribution in [2.45, 2.75) is 19.4 Å². The maximum atomic E-state index is 11.2. The van der Waals surface area contributed by atoms with E-state index in [4.69, 9.17) is 4.74 Å². The molecule has 0 saturated heterocycles. The third-order valence-electron chi connectivity index (χ3n) is 2.56. The second-order valence-electron chi connectivity index (χ2n) is 4.35. The quantitative estimate of drug-likeness (QED) is 0.796. The Balaban J connectivity index is 2.17. The molecule has 0 unspecified atom stereocenters. The standard InChI is InChI=1S/C10H15N5O2/c1-10(2,17-3)5-11-7-4-8-13-14-9(16)15(8)6-12-7/h4,6,11H,5H2,1-3H3,(H,14,16). The first-order valence-corrected chi connectivity index (χ1v) is 5.24. The van der Waals surface area contributed by atoms with Gasteiger partial charge in [0.1, 0.15) is 12.1 Å². The molecule has 0 amide bonds. The van der Waals surface area contributed by atoms with Gasteiger partial charge < -0.3 is 10.1 Å². The van der Waals surface area contributed by atoms with Crippen LogP contribution in [-0.2, 0) is 4.74 Å². The normalized spacial score (nSPS) is 11.9. The van der Waals surface area contributed by atoms with Gasteiger partial charge in [0, 0.05) is 19.7 Å². The van der Waals surface area contributed by atoms with Gasteiger partial charge in [0.2, 0.25) is 0 Å². The topological polar surface area (TPSA) is 84.3 Å². The van der Waals surface area contributed by atoms with E-state index in [2.05, 4.69) is 20.5 Å². The summed E-state index contributed by atoms with van der Waals surface area (Å²) < 4.78 is 6.62. The SMILES string of the molecule is COC(C)(C)CNc1cc2n[nH]c(=O)n2cn1. The lowest BCUT2D eigenvalue weighted by atomic mass is 10.1. The van der Waals surface area contributed by atoms with Crippen molar-refractivity contribution < 1.29 is 4.74 Å². The van der Waals surface area contributed by atoms with E-state index in [1.165, 1.54) is 10.7 Å². The number of aromatic nitrogens is 4. The summed E-state index contributed by atoms with van der Waals surface area (Å²) in [4.78, 5) is 15.3. The van der Waals surface area contributed by atoms with Gasteiger partial charge in [-0.25, -0.2) is 19.3 Å². The number of rotatable bonds is 4. The average molecular weight is 237 g/mol. The van der Waals surface area contributed by atoms with Gasteiger partial charge >= 0.3 is 5.69 Å². The Labute approximate surface area is 97.8 Å². The van der Waals surface area contributed by atoms with Gasteiger partial charge in [-0.05, 0) is 13.8 Å². The molecule has 0 radical (unpaired) electrons. The number of fused-ring (bicyclic) bond motifs is 1. The van der Waals surface area contributed by atoms with Crippen molar-refractivity contribution in [2.24, 2.45) is 0 Å². The number of ether oxygens (including phenoxy) is 1. The summed E-state index contributed by atoms with van der Waals surface area (Å²) >= 11 is 0. The van der Waals surface area contributed by atoms with Crippen molar-refractivity contribution in [1.82, 2.24) is 19.6 Å². The van der Waals surface area contributed by atoms with Crippen LogP contribution in [0.15, 0.2) is 17.2 Å². The Bertz CT molecular complexity index is 571. The fourth-order valence-electron chi connectivity index (χ4n) is 1.28. The number of H-pyrrole nitrogens is 1. The lowest BCUT2D eigenvalue weighted by Crippen LogP contribution is -2.32. The third-order valence-corrected chi connectivity index (χ3v) is 2.56. The Morgan fingerprint density at radius 2 is 2.35 bits per heavy atom. The van der Waals surface area contributed by atoms with Crippen molar-refractivity contribution in [2.75, 3.05) is 19.0 Å². The highest BCUT2D eigenvalue weighted by Crippen LogP contribution is 2.10. The Kier molecular flexibility index (Phi) is 2.84. The van der Waals surface area contributed by atoms with Gasteiger partial charge in [0.25, 0.3) is 0 Å². The second kappa shape index (κ2) is 4.17. The molecule has 0 aliphatic rings. The molecule has 0 aliphatic heterocycles. The molecule has 0 aromatic carbocycles. The minimum Gasteiger partial charge on any atom is -0.377 e. The van der Waals surface area contributed by atoms with Crippen molar-refractivity contribution in [3.63, 3.8) is 0 Å². The molecule has 2 aromatic rings. The molecule has 2 N–H and O–H groups in total. The molecular weight excluding hydrogens is 222 g/mol. The molecule has 7 heteroatoms. The summed E-state index contributed by atoms with van der Waals surface area (Å²) in [7, 11) is 1.66. The average Bonchev–Trinajstić information content (AvgIpc) is 2.68. The van der Waals surface area contributed by atoms with Gasteiger partial charge in [-0.1, -0.05) is 0 Å². The molecule has 2 heterocycles. The number of anilines is 1. The van der Waals surface area contributed by atoms with Crippen molar-refractivity contribution >= 4 is 11.5 Å². The van der Waals surface area contributed by atoms with E-state index >= 15 is 0 Å². The molecule has 92 valence electrons. The highest BCUT2D eigenvalue weighted by Gasteiger charge is 2.16. The Morgan fingerprint density at radius 1 is 1.59 bits per heavy atom. The molecular formula is C10H15N5O2. The molecule has 0 atom stereocenters. The predicted octanol–water partition coefficient (Wildman–Crippen LogP) is 0.254. The first-order chi connectivity index (χ1) is 8.02. The maximum Gasteiger partial charge on any atom is 0.348 e. The Hall–Kier alpha value is -1.89. The minimum absolute atomic E-state index is 0.279.